The number of nitrogens with zero attached hydrogens (tertiary/aromatic N) is 3. The number of aryl methyl sites for hydroxylation is 1. The second-order valence-corrected chi connectivity index (χ2v) is 8.19. The van der Waals surface area contributed by atoms with E-state index in [-0.39, 0.29) is 5.41 Å². The average molecular weight is 388 g/mol. The summed E-state index contributed by atoms with van der Waals surface area (Å²) in [5.74, 6) is 1.14. The Morgan fingerprint density at radius 2 is 2.11 bits per heavy atom. The van der Waals surface area contributed by atoms with Crippen molar-refractivity contribution in [3.05, 3.63) is 17.8 Å². The summed E-state index contributed by atoms with van der Waals surface area (Å²) in [6.07, 6.45) is 5.10. The second-order valence-electron chi connectivity index (χ2n) is 8.19. The Labute approximate surface area is 164 Å². The monoisotopic (exact) mass is 388 g/mol. The topological polar surface area (TPSA) is 95.0 Å². The fourth-order valence-electron chi connectivity index (χ4n) is 4.97. The van der Waals surface area contributed by atoms with Gasteiger partial charge in [0.1, 0.15) is 5.82 Å². The molecule has 3 saturated heterocycles. The maximum Gasteiger partial charge on any atom is 0.409 e. The number of nitrogens with one attached hydrogen (secondary N) is 1. The van der Waals surface area contributed by atoms with Gasteiger partial charge in [0.25, 0.3) is 0 Å². The van der Waals surface area contributed by atoms with Gasteiger partial charge >= 0.3 is 6.09 Å². The van der Waals surface area contributed by atoms with E-state index in [1.165, 1.54) is 0 Å². The van der Waals surface area contributed by atoms with Gasteiger partial charge in [0.15, 0.2) is 0 Å². The van der Waals surface area contributed by atoms with Crippen molar-refractivity contribution in [3.8, 4) is 0 Å². The van der Waals surface area contributed by atoms with Crippen LogP contribution in [0.3, 0.4) is 0 Å². The van der Waals surface area contributed by atoms with Crippen molar-refractivity contribution >= 4 is 23.5 Å². The summed E-state index contributed by atoms with van der Waals surface area (Å²) in [5.41, 5.74) is 1.06. The highest BCUT2D eigenvalue weighted by Crippen LogP contribution is 2.43. The number of aromatic nitrogens is 1. The maximum atomic E-state index is 13.4. The van der Waals surface area contributed by atoms with Gasteiger partial charge in [-0.05, 0) is 50.7 Å². The molecule has 0 aromatic carbocycles. The number of hydrogen-bond acceptors (Lipinski definition) is 5. The molecular formula is C20H28N4O4. The minimum absolute atomic E-state index is 0.297. The molecule has 8 nitrogen and oxygen atoms in total. The molecular weight excluding hydrogens is 360 g/mol. The number of likely N-dealkylation sites (tertiary alicyclic amines) is 1. The Morgan fingerprint density at radius 3 is 2.82 bits per heavy atom. The van der Waals surface area contributed by atoms with E-state index in [9.17, 15) is 9.59 Å². The van der Waals surface area contributed by atoms with Crippen molar-refractivity contribution in [1.82, 2.24) is 9.88 Å². The van der Waals surface area contributed by atoms with Crippen molar-refractivity contribution in [3.63, 3.8) is 0 Å². The van der Waals surface area contributed by atoms with Gasteiger partial charge in [0, 0.05) is 38.9 Å². The Hall–Kier alpha value is -2.35. The molecule has 0 bridgehead atoms. The van der Waals surface area contributed by atoms with E-state index in [4.69, 9.17) is 9.84 Å². The van der Waals surface area contributed by atoms with Crippen LogP contribution in [0.5, 0.6) is 0 Å². The van der Waals surface area contributed by atoms with Crippen LogP contribution in [0.1, 0.15) is 37.7 Å². The molecule has 3 aliphatic rings. The van der Waals surface area contributed by atoms with Gasteiger partial charge in [-0.2, -0.15) is 0 Å². The first kappa shape index (κ1) is 19.0. The van der Waals surface area contributed by atoms with E-state index in [0.29, 0.717) is 24.2 Å². The zero-order valence-corrected chi connectivity index (χ0v) is 16.3. The maximum absolute atomic E-state index is 13.4. The predicted octanol–water partition coefficient (Wildman–Crippen LogP) is 2.48. The number of ether oxygens (including phenoxy) is 1. The number of pyridine rings is 1. The molecule has 1 atom stereocenters. The number of rotatable bonds is 3. The summed E-state index contributed by atoms with van der Waals surface area (Å²) in [6.45, 7) is 5.81. The highest BCUT2D eigenvalue weighted by Gasteiger charge is 2.50. The number of anilines is 2. The fraction of sp³-hybridized carbons (Fsp3) is 0.650. The summed E-state index contributed by atoms with van der Waals surface area (Å²) in [4.78, 5) is 33.0. The van der Waals surface area contributed by atoms with Crippen molar-refractivity contribution < 1.29 is 19.4 Å². The van der Waals surface area contributed by atoms with Crippen molar-refractivity contribution in [2.75, 3.05) is 43.1 Å². The molecule has 1 spiro atoms. The van der Waals surface area contributed by atoms with Crippen LogP contribution < -0.4 is 10.2 Å². The first-order valence-electron chi connectivity index (χ1n) is 10.1. The van der Waals surface area contributed by atoms with Crippen LogP contribution >= 0.6 is 0 Å². The Morgan fingerprint density at radius 1 is 1.32 bits per heavy atom. The van der Waals surface area contributed by atoms with Gasteiger partial charge < -0.3 is 19.6 Å². The number of amides is 2. The number of carbonyl (C=O) groups is 2. The number of hydrogen-bond donors (Lipinski definition) is 2. The average Bonchev–Trinajstić information content (AvgIpc) is 2.98. The van der Waals surface area contributed by atoms with Crippen LogP contribution in [-0.4, -0.2) is 65.9 Å². The highest BCUT2D eigenvalue weighted by molar-refractivity contribution is 5.86. The van der Waals surface area contributed by atoms with Crippen LogP contribution in [0.25, 0.3) is 0 Å². The van der Waals surface area contributed by atoms with E-state index in [2.05, 4.69) is 20.1 Å². The van der Waals surface area contributed by atoms with Crippen LogP contribution in [-0.2, 0) is 9.53 Å². The molecule has 3 fully saturated rings. The highest BCUT2D eigenvalue weighted by atomic mass is 16.5. The Balaban J connectivity index is 1.50. The lowest BCUT2D eigenvalue weighted by atomic mass is 9.78. The molecule has 2 N–H and O–H groups in total. The molecule has 0 aliphatic carbocycles. The summed E-state index contributed by atoms with van der Waals surface area (Å²) in [5, 5.41) is 11.2. The number of piperidine rings is 1. The molecule has 2 amide bonds. The van der Waals surface area contributed by atoms with E-state index in [1.807, 2.05) is 6.92 Å². The number of carbonyl (C=O) groups excluding carboxylic acids is 1. The zero-order chi connectivity index (χ0) is 19.7. The lowest BCUT2D eigenvalue weighted by molar-refractivity contribution is -0.139. The van der Waals surface area contributed by atoms with E-state index >= 15 is 0 Å². The smallest absolute Gasteiger partial charge is 0.409 e. The number of carboxylic acid groups (broad SMARTS) is 1. The van der Waals surface area contributed by atoms with Gasteiger partial charge in [-0.1, -0.05) is 0 Å². The standard InChI is InChI=1S/C20H28N4O4/c1-14-11-15(22-19(26)27)12-21-17(14)23-7-2-5-20(13-23)6-8-24(18(20)25)16-3-9-28-10-4-16/h11-12,16,22H,2-10,13H2,1H3,(H,26,27)/t20-/m1/s1. The summed E-state index contributed by atoms with van der Waals surface area (Å²) in [7, 11) is 0. The van der Waals surface area contributed by atoms with E-state index in [0.717, 1.165) is 69.8 Å². The zero-order valence-electron chi connectivity index (χ0n) is 16.3. The van der Waals surface area contributed by atoms with Crippen molar-refractivity contribution in [2.45, 2.75) is 45.1 Å². The third kappa shape index (κ3) is 3.53. The third-order valence-corrected chi connectivity index (χ3v) is 6.36. The minimum Gasteiger partial charge on any atom is -0.465 e. The molecule has 0 saturated carbocycles. The summed E-state index contributed by atoms with van der Waals surface area (Å²) in [6, 6.07) is 2.11. The largest absolute Gasteiger partial charge is 0.465 e. The normalized spacial score (nSPS) is 26.1. The minimum atomic E-state index is -1.10. The molecule has 3 aliphatic heterocycles. The molecule has 1 aromatic heterocycles. The van der Waals surface area contributed by atoms with Gasteiger partial charge in [-0.15, -0.1) is 0 Å². The molecule has 8 heteroatoms. The van der Waals surface area contributed by atoms with E-state index < -0.39 is 6.09 Å². The molecule has 4 rings (SSSR count). The van der Waals surface area contributed by atoms with Crippen LogP contribution in [0.4, 0.5) is 16.3 Å². The lowest BCUT2D eigenvalue weighted by Crippen LogP contribution is -2.50. The van der Waals surface area contributed by atoms with Crippen LogP contribution in [0.2, 0.25) is 0 Å². The first-order chi connectivity index (χ1) is 13.5. The Bertz CT molecular complexity index is 765. The van der Waals surface area contributed by atoms with Gasteiger partial charge in [-0.3, -0.25) is 10.1 Å². The van der Waals surface area contributed by atoms with Crippen molar-refractivity contribution in [2.24, 2.45) is 5.41 Å². The van der Waals surface area contributed by atoms with Crippen molar-refractivity contribution in [1.29, 1.82) is 0 Å². The molecule has 1 aromatic rings. The van der Waals surface area contributed by atoms with Crippen LogP contribution in [0, 0.1) is 12.3 Å². The van der Waals surface area contributed by atoms with Crippen LogP contribution in [0.15, 0.2) is 12.3 Å². The van der Waals surface area contributed by atoms with E-state index in [1.54, 1.807) is 12.3 Å². The SMILES string of the molecule is Cc1cc(NC(=O)O)cnc1N1CCC[C@@]2(CCN(C3CCOCC3)C2=O)C1. The quantitative estimate of drug-likeness (QED) is 0.826. The lowest BCUT2D eigenvalue weighted by Gasteiger charge is -2.41. The molecule has 0 radical (unpaired) electrons. The molecule has 0 unspecified atom stereocenters. The predicted molar refractivity (Wildman–Crippen MR) is 105 cm³/mol. The molecule has 28 heavy (non-hydrogen) atoms. The first-order valence-corrected chi connectivity index (χ1v) is 10.1. The second kappa shape index (κ2) is 7.58. The van der Waals surface area contributed by atoms with Gasteiger partial charge in [0.05, 0.1) is 17.3 Å². The molecule has 152 valence electrons. The summed E-state index contributed by atoms with van der Waals surface area (Å²) >= 11 is 0. The van der Waals surface area contributed by atoms with Gasteiger partial charge in [-0.25, -0.2) is 9.78 Å². The summed E-state index contributed by atoms with van der Waals surface area (Å²) < 4.78 is 5.46. The fourth-order valence-corrected chi connectivity index (χ4v) is 4.97. The Kier molecular flexibility index (Phi) is 5.14. The third-order valence-electron chi connectivity index (χ3n) is 6.36. The molecule has 4 heterocycles. The van der Waals surface area contributed by atoms with Gasteiger partial charge in [0.2, 0.25) is 5.91 Å².